The molecule has 1 aliphatic heterocycles. The molecular formula is C21H22N4O3. The third-order valence-electron chi connectivity index (χ3n) is 4.94. The van der Waals surface area contributed by atoms with E-state index >= 15 is 0 Å². The highest BCUT2D eigenvalue weighted by atomic mass is 16.5. The van der Waals surface area contributed by atoms with Gasteiger partial charge in [0.05, 0.1) is 19.9 Å². The smallest absolute Gasteiger partial charge is 0.254 e. The minimum atomic E-state index is -0.0794. The lowest BCUT2D eigenvalue weighted by Crippen LogP contribution is -2.35. The van der Waals surface area contributed by atoms with Crippen LogP contribution in [-0.2, 0) is 19.5 Å². The Kier molecular flexibility index (Phi) is 5.08. The van der Waals surface area contributed by atoms with Crippen LogP contribution in [0.2, 0.25) is 0 Å². The molecule has 0 fully saturated rings. The number of fused-ring (bicyclic) bond motifs is 1. The van der Waals surface area contributed by atoms with Crippen LogP contribution in [-0.4, -0.2) is 40.6 Å². The first-order valence-electron chi connectivity index (χ1n) is 9.15. The van der Waals surface area contributed by atoms with Crippen LogP contribution in [0.1, 0.15) is 16.8 Å². The average Bonchev–Trinajstić information content (AvgIpc) is 2.74. The lowest BCUT2D eigenvalue weighted by atomic mass is 10.0. The van der Waals surface area contributed by atoms with Gasteiger partial charge in [0.25, 0.3) is 5.56 Å². The number of ether oxygens (including phenoxy) is 2. The third-order valence-corrected chi connectivity index (χ3v) is 4.94. The summed E-state index contributed by atoms with van der Waals surface area (Å²) in [6, 6.07) is 11.4. The zero-order valence-corrected chi connectivity index (χ0v) is 15.9. The molecule has 2 aromatic heterocycles. The first-order valence-corrected chi connectivity index (χ1v) is 9.15. The highest BCUT2D eigenvalue weighted by molar-refractivity contribution is 5.49. The zero-order valence-electron chi connectivity index (χ0n) is 15.9. The number of para-hydroxylation sites is 1. The van der Waals surface area contributed by atoms with Gasteiger partial charge in [-0.25, -0.2) is 4.98 Å². The second-order valence-corrected chi connectivity index (χ2v) is 6.67. The maximum absolute atomic E-state index is 12.5. The number of nitrogens with one attached hydrogen (secondary N) is 1. The number of H-pyrrole nitrogens is 1. The van der Waals surface area contributed by atoms with Gasteiger partial charge in [-0.2, -0.15) is 0 Å². The number of nitrogens with zero attached hydrogens (tertiary/aromatic N) is 3. The van der Waals surface area contributed by atoms with Crippen LogP contribution in [0.4, 0.5) is 0 Å². The molecule has 1 N–H and O–H groups in total. The van der Waals surface area contributed by atoms with Crippen LogP contribution in [0.3, 0.4) is 0 Å². The van der Waals surface area contributed by atoms with Crippen LogP contribution in [0.5, 0.6) is 11.5 Å². The van der Waals surface area contributed by atoms with Crippen molar-refractivity contribution in [2.24, 2.45) is 0 Å². The fraction of sp³-hybridized carbons (Fsp3) is 0.286. The number of pyridine rings is 1. The van der Waals surface area contributed by atoms with Gasteiger partial charge in [0.2, 0.25) is 0 Å². The maximum Gasteiger partial charge on any atom is 0.254 e. The Labute approximate surface area is 163 Å². The fourth-order valence-electron chi connectivity index (χ4n) is 3.57. The molecule has 144 valence electrons. The van der Waals surface area contributed by atoms with Crippen LogP contribution in [0.25, 0.3) is 11.5 Å². The summed E-state index contributed by atoms with van der Waals surface area (Å²) >= 11 is 0. The first kappa shape index (κ1) is 18.2. The molecule has 3 aromatic rings. The number of methoxy groups -OCH3 is 2. The highest BCUT2D eigenvalue weighted by Crippen LogP contribution is 2.32. The van der Waals surface area contributed by atoms with Crippen LogP contribution >= 0.6 is 0 Å². The van der Waals surface area contributed by atoms with Crippen LogP contribution in [0, 0.1) is 0 Å². The van der Waals surface area contributed by atoms with Crippen LogP contribution < -0.4 is 15.0 Å². The molecule has 0 spiro atoms. The molecule has 0 aliphatic carbocycles. The Morgan fingerprint density at radius 2 is 2.04 bits per heavy atom. The predicted octanol–water partition coefficient (Wildman–Crippen LogP) is 2.41. The van der Waals surface area contributed by atoms with E-state index in [9.17, 15) is 4.79 Å². The topological polar surface area (TPSA) is 80.3 Å². The summed E-state index contributed by atoms with van der Waals surface area (Å²) in [5.74, 6) is 1.96. The van der Waals surface area contributed by atoms with Crippen molar-refractivity contribution in [1.29, 1.82) is 0 Å². The van der Waals surface area contributed by atoms with Crippen molar-refractivity contribution in [2.75, 3.05) is 20.8 Å². The van der Waals surface area contributed by atoms with Crippen molar-refractivity contribution in [3.05, 3.63) is 69.8 Å². The largest absolute Gasteiger partial charge is 0.493 e. The molecule has 1 aromatic carbocycles. The molecule has 7 nitrogen and oxygen atoms in total. The summed E-state index contributed by atoms with van der Waals surface area (Å²) in [6.45, 7) is 2.06. The molecule has 0 unspecified atom stereocenters. The van der Waals surface area contributed by atoms with E-state index in [1.807, 2.05) is 36.4 Å². The monoisotopic (exact) mass is 378 g/mol. The van der Waals surface area contributed by atoms with Crippen molar-refractivity contribution in [3.63, 3.8) is 0 Å². The second kappa shape index (κ2) is 7.82. The normalized spacial score (nSPS) is 13.8. The van der Waals surface area contributed by atoms with Gasteiger partial charge in [0.1, 0.15) is 5.69 Å². The molecule has 0 amide bonds. The Hall–Kier alpha value is -3.19. The van der Waals surface area contributed by atoms with Crippen molar-refractivity contribution < 1.29 is 9.47 Å². The summed E-state index contributed by atoms with van der Waals surface area (Å²) in [5.41, 5.74) is 3.18. The number of aromatic nitrogens is 3. The molecule has 0 saturated heterocycles. The Bertz CT molecular complexity index is 1030. The molecule has 7 heteroatoms. The summed E-state index contributed by atoms with van der Waals surface area (Å²) in [7, 11) is 3.28. The van der Waals surface area contributed by atoms with Crippen molar-refractivity contribution >= 4 is 0 Å². The van der Waals surface area contributed by atoms with E-state index < -0.39 is 0 Å². The first-order chi connectivity index (χ1) is 13.7. The number of hydrogen-bond acceptors (Lipinski definition) is 6. The highest BCUT2D eigenvalue weighted by Gasteiger charge is 2.23. The summed E-state index contributed by atoms with van der Waals surface area (Å²) < 4.78 is 10.9. The van der Waals surface area contributed by atoms with E-state index in [2.05, 4.69) is 14.9 Å². The van der Waals surface area contributed by atoms with Gasteiger partial charge in [-0.15, -0.1) is 0 Å². The van der Waals surface area contributed by atoms with E-state index in [-0.39, 0.29) is 5.56 Å². The van der Waals surface area contributed by atoms with E-state index in [0.29, 0.717) is 36.8 Å². The summed E-state index contributed by atoms with van der Waals surface area (Å²) in [5, 5.41) is 0. The van der Waals surface area contributed by atoms with E-state index in [0.717, 1.165) is 29.1 Å². The number of aromatic amines is 1. The molecule has 0 atom stereocenters. The van der Waals surface area contributed by atoms with Crippen molar-refractivity contribution in [1.82, 2.24) is 19.9 Å². The molecule has 3 heterocycles. The molecule has 0 bridgehead atoms. The van der Waals surface area contributed by atoms with Gasteiger partial charge in [-0.3, -0.25) is 14.7 Å². The van der Waals surface area contributed by atoms with Gasteiger partial charge >= 0.3 is 0 Å². The van der Waals surface area contributed by atoms with E-state index in [1.165, 1.54) is 0 Å². The second-order valence-electron chi connectivity index (χ2n) is 6.67. The number of rotatable bonds is 5. The molecule has 1 aliphatic rings. The summed E-state index contributed by atoms with van der Waals surface area (Å²) in [4.78, 5) is 26.6. The molecule has 0 radical (unpaired) electrons. The van der Waals surface area contributed by atoms with E-state index in [1.54, 1.807) is 20.4 Å². The van der Waals surface area contributed by atoms with Crippen LogP contribution in [0.15, 0.2) is 47.4 Å². The molecule has 0 saturated carbocycles. The number of hydrogen-bond donors (Lipinski definition) is 1. The lowest BCUT2D eigenvalue weighted by molar-refractivity contribution is 0.235. The maximum atomic E-state index is 12.5. The van der Waals surface area contributed by atoms with Gasteiger partial charge in [0, 0.05) is 37.0 Å². The number of benzene rings is 1. The molecule has 4 rings (SSSR count). The average molecular weight is 378 g/mol. The van der Waals surface area contributed by atoms with Gasteiger partial charge < -0.3 is 14.5 Å². The van der Waals surface area contributed by atoms with Crippen molar-refractivity contribution in [2.45, 2.75) is 19.5 Å². The summed E-state index contributed by atoms with van der Waals surface area (Å²) in [6.07, 6.45) is 2.35. The Morgan fingerprint density at radius 1 is 1.14 bits per heavy atom. The SMILES string of the molecule is COc1cccc(CN2CCc3c(nc(-c4ccccn4)[nH]c3=O)C2)c1OC. The predicted molar refractivity (Wildman–Crippen MR) is 105 cm³/mol. The standard InChI is InChI=1S/C21H22N4O3/c1-27-18-8-5-6-14(19(18)28-2)12-25-11-9-15-17(13-25)23-20(24-21(15)26)16-7-3-4-10-22-16/h3-8,10H,9,11-13H2,1-2H3,(H,23,24,26). The quantitative estimate of drug-likeness (QED) is 0.734. The third kappa shape index (κ3) is 3.48. The molecular weight excluding hydrogens is 356 g/mol. The van der Waals surface area contributed by atoms with Gasteiger partial charge in [-0.1, -0.05) is 18.2 Å². The molecule has 28 heavy (non-hydrogen) atoms. The Morgan fingerprint density at radius 3 is 2.79 bits per heavy atom. The van der Waals surface area contributed by atoms with Crippen molar-refractivity contribution in [3.8, 4) is 23.0 Å². The van der Waals surface area contributed by atoms with Gasteiger partial charge in [0.15, 0.2) is 17.3 Å². The Balaban J connectivity index is 1.62. The minimum absolute atomic E-state index is 0.0794. The minimum Gasteiger partial charge on any atom is -0.493 e. The zero-order chi connectivity index (χ0) is 19.5. The fourth-order valence-corrected chi connectivity index (χ4v) is 3.57. The van der Waals surface area contributed by atoms with E-state index in [4.69, 9.17) is 14.5 Å². The lowest BCUT2D eigenvalue weighted by Gasteiger charge is -2.28. The van der Waals surface area contributed by atoms with Gasteiger partial charge in [-0.05, 0) is 24.6 Å².